The van der Waals surface area contributed by atoms with E-state index in [-0.39, 0.29) is 21.9 Å². The van der Waals surface area contributed by atoms with Gasteiger partial charge in [0.25, 0.3) is 0 Å². The van der Waals surface area contributed by atoms with Crippen molar-refractivity contribution in [2.24, 2.45) is 0 Å². The number of carboxylic acid groups (broad SMARTS) is 1. The normalized spacial score (nSPS) is 10.6. The minimum absolute atomic E-state index is 0.213. The summed E-state index contributed by atoms with van der Waals surface area (Å²) in [5.74, 6) is -1.58. The van der Waals surface area contributed by atoms with Crippen molar-refractivity contribution in [2.45, 2.75) is 6.92 Å². The van der Waals surface area contributed by atoms with Crippen LogP contribution in [0.3, 0.4) is 0 Å². The van der Waals surface area contributed by atoms with E-state index in [1.165, 1.54) is 6.07 Å². The third-order valence-corrected chi connectivity index (χ3v) is 2.59. The van der Waals surface area contributed by atoms with Crippen LogP contribution >= 0.6 is 11.6 Å². The average Bonchev–Trinajstić information content (AvgIpc) is 2.22. The lowest BCUT2D eigenvalue weighted by molar-refractivity contribution is 0.0694. The minimum Gasteiger partial charge on any atom is -0.505 e. The summed E-state index contributed by atoms with van der Waals surface area (Å²) in [5.41, 5.74) is 0.655. The predicted molar refractivity (Wildman–Crippen MR) is 60.1 cm³/mol. The molecule has 0 amide bonds. The van der Waals surface area contributed by atoms with E-state index in [4.69, 9.17) is 16.7 Å². The zero-order valence-corrected chi connectivity index (χ0v) is 9.12. The minimum atomic E-state index is -1.23. The molecule has 0 aliphatic rings. The number of hydrogen-bond donors (Lipinski definition) is 2. The van der Waals surface area contributed by atoms with E-state index in [1.807, 2.05) is 0 Å². The van der Waals surface area contributed by atoms with Crippen LogP contribution in [0.4, 0.5) is 0 Å². The summed E-state index contributed by atoms with van der Waals surface area (Å²) in [5, 5.41) is 19.4. The lowest BCUT2D eigenvalue weighted by atomic mass is 10.1. The molecule has 0 radical (unpaired) electrons. The Morgan fingerprint density at radius 3 is 2.75 bits per heavy atom. The number of aromatic nitrogens is 1. The monoisotopic (exact) mass is 237 g/mol. The molecule has 0 atom stereocenters. The number of nitrogens with zero attached hydrogens (tertiary/aromatic N) is 1. The van der Waals surface area contributed by atoms with Gasteiger partial charge < -0.3 is 10.2 Å². The smallest absolute Gasteiger partial charge is 0.339 e. The number of carboxylic acids is 1. The first-order chi connectivity index (χ1) is 7.50. The molecule has 0 unspecified atom stereocenters. The molecule has 0 saturated carbocycles. The Hall–Kier alpha value is -1.81. The predicted octanol–water partition coefficient (Wildman–Crippen LogP) is 2.60. The van der Waals surface area contributed by atoms with Crippen LogP contribution in [-0.4, -0.2) is 21.2 Å². The van der Waals surface area contributed by atoms with Crippen LogP contribution in [-0.2, 0) is 0 Å². The topological polar surface area (TPSA) is 70.4 Å². The number of aromatic hydroxyl groups is 1. The lowest BCUT2D eigenvalue weighted by Gasteiger charge is -2.06. The van der Waals surface area contributed by atoms with Crippen LogP contribution in [0.25, 0.3) is 10.9 Å². The van der Waals surface area contributed by atoms with Crippen molar-refractivity contribution < 1.29 is 15.0 Å². The second-order valence-electron chi connectivity index (χ2n) is 3.41. The van der Waals surface area contributed by atoms with Crippen LogP contribution in [0.5, 0.6) is 5.75 Å². The number of phenols is 1. The summed E-state index contributed by atoms with van der Waals surface area (Å²) in [6.45, 7) is 1.75. The first-order valence-electron chi connectivity index (χ1n) is 4.53. The van der Waals surface area contributed by atoms with Gasteiger partial charge in [-0.25, -0.2) is 9.78 Å². The van der Waals surface area contributed by atoms with Gasteiger partial charge in [-0.2, -0.15) is 0 Å². The first-order valence-corrected chi connectivity index (χ1v) is 4.90. The van der Waals surface area contributed by atoms with E-state index >= 15 is 0 Å². The van der Waals surface area contributed by atoms with Gasteiger partial charge in [0.1, 0.15) is 11.1 Å². The second-order valence-corrected chi connectivity index (χ2v) is 3.82. The molecule has 16 heavy (non-hydrogen) atoms. The van der Waals surface area contributed by atoms with E-state index in [0.717, 1.165) is 0 Å². The molecule has 4 nitrogen and oxygen atoms in total. The van der Waals surface area contributed by atoms with Gasteiger partial charge >= 0.3 is 5.97 Å². The van der Waals surface area contributed by atoms with E-state index in [9.17, 15) is 9.90 Å². The number of carbonyl (C=O) groups is 1. The molecule has 1 aromatic carbocycles. The second kappa shape index (κ2) is 3.64. The third-order valence-electron chi connectivity index (χ3n) is 2.27. The molecule has 0 aliphatic carbocycles. The summed E-state index contributed by atoms with van der Waals surface area (Å²) in [4.78, 5) is 14.9. The highest BCUT2D eigenvalue weighted by molar-refractivity contribution is 6.36. The molecule has 0 bridgehead atoms. The largest absolute Gasteiger partial charge is 0.505 e. The zero-order valence-electron chi connectivity index (χ0n) is 8.36. The Morgan fingerprint density at radius 2 is 2.12 bits per heavy atom. The van der Waals surface area contributed by atoms with Crippen LogP contribution in [0, 0.1) is 6.92 Å². The van der Waals surface area contributed by atoms with Gasteiger partial charge in [0.05, 0.1) is 5.02 Å². The highest BCUT2D eigenvalue weighted by atomic mass is 35.5. The molecule has 1 aromatic heterocycles. The summed E-state index contributed by atoms with van der Waals surface area (Å²) in [6.07, 6.45) is 0. The third kappa shape index (κ3) is 1.57. The first kappa shape index (κ1) is 10.7. The Balaban J connectivity index is 2.91. The molecule has 2 rings (SSSR count). The summed E-state index contributed by atoms with van der Waals surface area (Å²) >= 11 is 5.92. The van der Waals surface area contributed by atoms with Gasteiger partial charge in [-0.1, -0.05) is 11.6 Å². The number of rotatable bonds is 1. The fourth-order valence-electron chi connectivity index (χ4n) is 1.49. The van der Waals surface area contributed by atoms with Crippen LogP contribution in [0.1, 0.15) is 16.1 Å². The number of aromatic carboxylic acids is 1. The highest BCUT2D eigenvalue weighted by Gasteiger charge is 2.16. The van der Waals surface area contributed by atoms with Gasteiger partial charge in [0, 0.05) is 11.1 Å². The molecule has 0 fully saturated rings. The maximum absolute atomic E-state index is 10.9. The van der Waals surface area contributed by atoms with Crippen molar-refractivity contribution in [3.8, 4) is 5.75 Å². The quantitative estimate of drug-likeness (QED) is 0.800. The standard InChI is InChI=1S/C11H8ClNO3/c1-5-2-3-6-8(12)4-7(11(15)16)10(14)9(6)13-5/h2-4,14H,1H3,(H,15,16). The Kier molecular flexibility index (Phi) is 2.44. The van der Waals surface area contributed by atoms with Crippen LogP contribution in [0.15, 0.2) is 18.2 Å². The molecule has 1 heterocycles. The van der Waals surface area contributed by atoms with E-state index < -0.39 is 5.97 Å². The summed E-state index contributed by atoms with van der Waals surface area (Å²) < 4.78 is 0. The number of fused-ring (bicyclic) bond motifs is 1. The average molecular weight is 238 g/mol. The van der Waals surface area contributed by atoms with E-state index in [1.54, 1.807) is 19.1 Å². The Labute approximate surface area is 96.1 Å². The maximum Gasteiger partial charge on any atom is 0.339 e. The van der Waals surface area contributed by atoms with Crippen molar-refractivity contribution >= 4 is 28.5 Å². The fraction of sp³-hybridized carbons (Fsp3) is 0.0909. The number of hydrogen-bond acceptors (Lipinski definition) is 3. The number of halogens is 1. The molecule has 2 aromatic rings. The van der Waals surface area contributed by atoms with Crippen molar-refractivity contribution in [2.75, 3.05) is 0 Å². The highest BCUT2D eigenvalue weighted by Crippen LogP contribution is 2.33. The van der Waals surface area contributed by atoms with Gasteiger partial charge in [-0.05, 0) is 25.1 Å². The number of aryl methyl sites for hydroxylation is 1. The lowest BCUT2D eigenvalue weighted by Crippen LogP contribution is -1.98. The van der Waals surface area contributed by atoms with Crippen molar-refractivity contribution in [3.05, 3.63) is 34.5 Å². The molecule has 5 heteroatoms. The van der Waals surface area contributed by atoms with E-state index in [2.05, 4.69) is 4.98 Å². The molecule has 82 valence electrons. The Bertz CT molecular complexity index is 595. The maximum atomic E-state index is 10.9. The SMILES string of the molecule is Cc1ccc2c(Cl)cc(C(=O)O)c(O)c2n1. The number of benzene rings is 1. The van der Waals surface area contributed by atoms with Gasteiger partial charge in [-0.15, -0.1) is 0 Å². The zero-order chi connectivity index (χ0) is 11.9. The molecule has 0 saturated heterocycles. The molecule has 0 spiro atoms. The summed E-state index contributed by atoms with van der Waals surface area (Å²) in [6, 6.07) is 4.66. The molecular formula is C11H8ClNO3. The van der Waals surface area contributed by atoms with Gasteiger partial charge in [0.2, 0.25) is 0 Å². The van der Waals surface area contributed by atoms with Crippen molar-refractivity contribution in [1.29, 1.82) is 0 Å². The summed E-state index contributed by atoms with van der Waals surface area (Å²) in [7, 11) is 0. The van der Waals surface area contributed by atoms with E-state index in [0.29, 0.717) is 11.1 Å². The van der Waals surface area contributed by atoms with Crippen molar-refractivity contribution in [3.63, 3.8) is 0 Å². The molecule has 2 N–H and O–H groups in total. The molecule has 0 aliphatic heterocycles. The van der Waals surface area contributed by atoms with Crippen molar-refractivity contribution in [1.82, 2.24) is 4.98 Å². The van der Waals surface area contributed by atoms with Gasteiger partial charge in [0.15, 0.2) is 5.75 Å². The van der Waals surface area contributed by atoms with Gasteiger partial charge in [-0.3, -0.25) is 0 Å². The van der Waals surface area contributed by atoms with Crippen LogP contribution < -0.4 is 0 Å². The molecular weight excluding hydrogens is 230 g/mol. The fourth-order valence-corrected chi connectivity index (χ4v) is 1.75. The Morgan fingerprint density at radius 1 is 1.44 bits per heavy atom. The van der Waals surface area contributed by atoms with Crippen LogP contribution in [0.2, 0.25) is 5.02 Å². The number of pyridine rings is 1.